The quantitative estimate of drug-likeness (QED) is 0.883. The van der Waals surface area contributed by atoms with Crippen LogP contribution in [0.25, 0.3) is 0 Å². The van der Waals surface area contributed by atoms with E-state index in [0.717, 1.165) is 22.2 Å². The van der Waals surface area contributed by atoms with Crippen LogP contribution < -0.4 is 11.1 Å². The van der Waals surface area contributed by atoms with Crippen molar-refractivity contribution in [2.75, 3.05) is 5.75 Å². The third-order valence-electron chi connectivity index (χ3n) is 2.93. The number of thiophene rings is 1. The zero-order chi connectivity index (χ0) is 14.7. The second-order valence-corrected chi connectivity index (χ2v) is 6.32. The Morgan fingerprint density at radius 2 is 2.45 bits per heavy atom. The van der Waals surface area contributed by atoms with Crippen molar-refractivity contribution in [1.82, 2.24) is 5.32 Å². The Balaban J connectivity index is 2.38. The molecule has 20 heavy (non-hydrogen) atoms. The smallest absolute Gasteiger partial charge is 0.227 e. The number of aryl methyl sites for hydroxylation is 1. The lowest BCUT2D eigenvalue weighted by molar-refractivity contribution is -0.121. The molecule has 0 radical (unpaired) electrons. The molecule has 2 amide bonds. The number of nitrogens with two attached hydrogens (primary N) is 1. The third kappa shape index (κ3) is 3.03. The van der Waals surface area contributed by atoms with Crippen LogP contribution in [-0.2, 0) is 9.59 Å². The van der Waals surface area contributed by atoms with Crippen LogP contribution in [0.4, 0.5) is 0 Å². The Bertz CT molecular complexity index is 628. The van der Waals surface area contributed by atoms with Crippen LogP contribution in [0.1, 0.15) is 22.8 Å². The first-order valence-corrected chi connectivity index (χ1v) is 7.78. The Hall–Kier alpha value is -1.78. The normalized spacial score (nSPS) is 18.6. The summed E-state index contributed by atoms with van der Waals surface area (Å²) in [6.07, 6.45) is 0.255. The average molecular weight is 307 g/mol. The topological polar surface area (TPSA) is 96.0 Å². The number of nitriles is 1. The van der Waals surface area contributed by atoms with Crippen molar-refractivity contribution in [3.8, 4) is 6.07 Å². The summed E-state index contributed by atoms with van der Waals surface area (Å²) in [6.45, 7) is 1.96. The van der Waals surface area contributed by atoms with Gasteiger partial charge in [0.15, 0.2) is 0 Å². The molecule has 2 heterocycles. The minimum atomic E-state index is -0.483. The predicted molar refractivity (Wildman–Crippen MR) is 78.8 cm³/mol. The average Bonchev–Trinajstić information content (AvgIpc) is 2.81. The highest BCUT2D eigenvalue weighted by Gasteiger charge is 2.31. The SMILES string of the molecule is Cc1ccsc1C1CC(=O)NC(SCC(N)=O)=C1C#N. The van der Waals surface area contributed by atoms with Crippen molar-refractivity contribution in [2.24, 2.45) is 5.73 Å². The van der Waals surface area contributed by atoms with Crippen LogP contribution in [0, 0.1) is 18.3 Å². The van der Waals surface area contributed by atoms with Gasteiger partial charge < -0.3 is 11.1 Å². The Morgan fingerprint density at radius 3 is 3.00 bits per heavy atom. The van der Waals surface area contributed by atoms with Crippen molar-refractivity contribution in [3.05, 3.63) is 32.5 Å². The summed E-state index contributed by atoms with van der Waals surface area (Å²) in [6, 6.07) is 4.13. The van der Waals surface area contributed by atoms with Gasteiger partial charge in [-0.15, -0.1) is 11.3 Å². The Labute approximate surface area is 124 Å². The summed E-state index contributed by atoms with van der Waals surface area (Å²) >= 11 is 2.64. The van der Waals surface area contributed by atoms with Gasteiger partial charge in [-0.05, 0) is 23.9 Å². The van der Waals surface area contributed by atoms with E-state index in [-0.39, 0.29) is 24.0 Å². The molecule has 1 aliphatic rings. The molecule has 7 heteroatoms. The molecular weight excluding hydrogens is 294 g/mol. The summed E-state index contributed by atoms with van der Waals surface area (Å²) in [7, 11) is 0. The van der Waals surface area contributed by atoms with Crippen LogP contribution in [0.2, 0.25) is 0 Å². The molecule has 0 bridgehead atoms. The van der Waals surface area contributed by atoms with Gasteiger partial charge in [0.25, 0.3) is 0 Å². The molecule has 1 unspecified atom stereocenters. The molecular formula is C13H13N3O2S2. The number of rotatable bonds is 4. The van der Waals surface area contributed by atoms with Crippen molar-refractivity contribution in [2.45, 2.75) is 19.3 Å². The third-order valence-corrected chi connectivity index (χ3v) is 5.11. The minimum absolute atomic E-state index is 0.0386. The van der Waals surface area contributed by atoms with E-state index in [0.29, 0.717) is 10.6 Å². The standard InChI is InChI=1S/C13H13N3O2S2/c1-7-2-3-19-12(7)8-4-11(18)16-13(9(8)5-14)20-6-10(15)17/h2-3,8H,4,6H2,1H3,(H2,15,17)(H,16,18). The van der Waals surface area contributed by atoms with Gasteiger partial charge in [0, 0.05) is 17.2 Å². The summed E-state index contributed by atoms with van der Waals surface area (Å²) in [5.74, 6) is -0.821. The lowest BCUT2D eigenvalue weighted by Gasteiger charge is -2.24. The molecule has 0 aliphatic carbocycles. The molecule has 2 rings (SSSR count). The summed E-state index contributed by atoms with van der Waals surface area (Å²) in [5, 5.41) is 14.4. The van der Waals surface area contributed by atoms with Gasteiger partial charge >= 0.3 is 0 Å². The van der Waals surface area contributed by atoms with Gasteiger partial charge in [-0.25, -0.2) is 0 Å². The largest absolute Gasteiger partial charge is 0.369 e. The first-order chi connectivity index (χ1) is 9.52. The molecule has 0 aromatic carbocycles. The number of primary amides is 1. The molecule has 104 valence electrons. The Kier molecular flexibility index (Phi) is 4.47. The van der Waals surface area contributed by atoms with E-state index in [1.165, 1.54) is 11.3 Å². The molecule has 0 saturated carbocycles. The van der Waals surface area contributed by atoms with Crippen LogP contribution in [0.15, 0.2) is 22.0 Å². The molecule has 0 fully saturated rings. The summed E-state index contributed by atoms with van der Waals surface area (Å²) in [5.41, 5.74) is 6.68. The molecule has 5 nitrogen and oxygen atoms in total. The van der Waals surface area contributed by atoms with Crippen LogP contribution in [-0.4, -0.2) is 17.6 Å². The molecule has 1 aliphatic heterocycles. The van der Waals surface area contributed by atoms with E-state index >= 15 is 0 Å². The summed E-state index contributed by atoms with van der Waals surface area (Å²) in [4.78, 5) is 23.7. The molecule has 3 N–H and O–H groups in total. The van der Waals surface area contributed by atoms with E-state index in [4.69, 9.17) is 5.73 Å². The fourth-order valence-corrected chi connectivity index (χ4v) is 3.90. The van der Waals surface area contributed by atoms with Crippen molar-refractivity contribution in [1.29, 1.82) is 5.26 Å². The number of hydrogen-bond acceptors (Lipinski definition) is 5. The molecule has 1 aromatic rings. The lowest BCUT2D eigenvalue weighted by atomic mass is 9.91. The molecule has 0 saturated heterocycles. The minimum Gasteiger partial charge on any atom is -0.369 e. The van der Waals surface area contributed by atoms with Gasteiger partial charge in [-0.3, -0.25) is 9.59 Å². The first-order valence-electron chi connectivity index (χ1n) is 5.92. The number of carbonyl (C=O) groups is 2. The van der Waals surface area contributed by atoms with Crippen LogP contribution >= 0.6 is 23.1 Å². The second-order valence-electron chi connectivity index (χ2n) is 4.38. The number of carbonyl (C=O) groups excluding carboxylic acids is 2. The van der Waals surface area contributed by atoms with E-state index in [1.54, 1.807) is 0 Å². The highest BCUT2D eigenvalue weighted by molar-refractivity contribution is 8.03. The highest BCUT2D eigenvalue weighted by atomic mass is 32.2. The summed E-state index contributed by atoms with van der Waals surface area (Å²) < 4.78 is 0. The maximum absolute atomic E-state index is 11.8. The predicted octanol–water partition coefficient (Wildman–Crippen LogP) is 1.61. The first kappa shape index (κ1) is 14.6. The van der Waals surface area contributed by atoms with E-state index in [1.807, 2.05) is 18.4 Å². The fourth-order valence-electron chi connectivity index (χ4n) is 2.04. The van der Waals surface area contributed by atoms with Crippen LogP contribution in [0.5, 0.6) is 0 Å². The fraction of sp³-hybridized carbons (Fsp3) is 0.308. The second kappa shape index (κ2) is 6.11. The number of amides is 2. The van der Waals surface area contributed by atoms with Gasteiger partial charge in [0.2, 0.25) is 11.8 Å². The van der Waals surface area contributed by atoms with Crippen molar-refractivity contribution < 1.29 is 9.59 Å². The number of nitrogens with zero attached hydrogens (tertiary/aromatic N) is 1. The number of nitrogens with one attached hydrogen (secondary N) is 1. The zero-order valence-corrected chi connectivity index (χ0v) is 12.4. The molecule has 0 spiro atoms. The van der Waals surface area contributed by atoms with Crippen molar-refractivity contribution >= 4 is 34.9 Å². The molecule has 1 aromatic heterocycles. The van der Waals surface area contributed by atoms with E-state index in [9.17, 15) is 14.9 Å². The van der Waals surface area contributed by atoms with Crippen LogP contribution in [0.3, 0.4) is 0 Å². The van der Waals surface area contributed by atoms with E-state index in [2.05, 4.69) is 11.4 Å². The van der Waals surface area contributed by atoms with Gasteiger partial charge in [-0.1, -0.05) is 11.8 Å². The van der Waals surface area contributed by atoms with E-state index < -0.39 is 5.91 Å². The number of hydrogen-bond donors (Lipinski definition) is 2. The van der Waals surface area contributed by atoms with Gasteiger partial charge in [0.1, 0.15) is 0 Å². The maximum atomic E-state index is 11.8. The Morgan fingerprint density at radius 1 is 1.70 bits per heavy atom. The monoisotopic (exact) mass is 307 g/mol. The lowest BCUT2D eigenvalue weighted by Crippen LogP contribution is -2.31. The van der Waals surface area contributed by atoms with Gasteiger partial charge in [0.05, 0.1) is 22.4 Å². The maximum Gasteiger partial charge on any atom is 0.227 e. The van der Waals surface area contributed by atoms with Gasteiger partial charge in [-0.2, -0.15) is 5.26 Å². The number of thioether (sulfide) groups is 1. The van der Waals surface area contributed by atoms with Crippen molar-refractivity contribution in [3.63, 3.8) is 0 Å². The number of allylic oxidation sites excluding steroid dienone is 1. The molecule has 1 atom stereocenters. The highest BCUT2D eigenvalue weighted by Crippen LogP contribution is 2.39. The zero-order valence-electron chi connectivity index (χ0n) is 10.8.